The van der Waals surface area contributed by atoms with Gasteiger partial charge in [-0.1, -0.05) is 53.9 Å². The Morgan fingerprint density at radius 1 is 0.933 bits per heavy atom. The smallest absolute Gasteiger partial charge is 0.303 e. The van der Waals surface area contributed by atoms with Gasteiger partial charge < -0.3 is 5.11 Å². The van der Waals surface area contributed by atoms with Crippen LogP contribution in [0.2, 0.25) is 0 Å². The van der Waals surface area contributed by atoms with Crippen LogP contribution in [0.5, 0.6) is 0 Å². The summed E-state index contributed by atoms with van der Waals surface area (Å²) in [6.07, 6.45) is 18.3. The molecule has 4 aliphatic carbocycles. The maximum absolute atomic E-state index is 10.9. The van der Waals surface area contributed by atoms with Gasteiger partial charge in [-0.2, -0.15) is 0 Å². The van der Waals surface area contributed by atoms with E-state index >= 15 is 0 Å². The molecular weight excluding hydrogens is 368 g/mol. The molecule has 0 bridgehead atoms. The molecule has 30 heavy (non-hydrogen) atoms. The van der Waals surface area contributed by atoms with Crippen molar-refractivity contribution < 1.29 is 9.90 Å². The average molecular weight is 419 g/mol. The van der Waals surface area contributed by atoms with E-state index in [1.54, 1.807) is 0 Å². The first-order chi connectivity index (χ1) is 14.2. The number of rotatable bonds is 5. The molecule has 0 saturated heterocycles. The molecule has 2 nitrogen and oxygen atoms in total. The zero-order valence-corrected chi connectivity index (χ0v) is 20.7. The van der Waals surface area contributed by atoms with Crippen LogP contribution in [0.1, 0.15) is 125 Å². The highest BCUT2D eigenvalue weighted by atomic mass is 16.4. The topological polar surface area (TPSA) is 37.3 Å². The van der Waals surface area contributed by atoms with Gasteiger partial charge in [0.15, 0.2) is 0 Å². The van der Waals surface area contributed by atoms with Crippen LogP contribution in [0, 0.1) is 46.3 Å². The summed E-state index contributed by atoms with van der Waals surface area (Å²) in [5.74, 6) is 4.96. The molecule has 4 aliphatic rings. The van der Waals surface area contributed by atoms with Crippen LogP contribution in [-0.2, 0) is 4.79 Å². The largest absolute Gasteiger partial charge is 0.481 e. The summed E-state index contributed by atoms with van der Waals surface area (Å²) in [5.41, 5.74) is 1.15. The first-order valence-electron chi connectivity index (χ1n) is 13.4. The van der Waals surface area contributed by atoms with Crippen LogP contribution in [0.25, 0.3) is 0 Å². The van der Waals surface area contributed by atoms with Gasteiger partial charge in [0, 0.05) is 6.42 Å². The average Bonchev–Trinajstić information content (AvgIpc) is 3.04. The first-order valence-corrected chi connectivity index (χ1v) is 13.4. The fourth-order valence-corrected chi connectivity index (χ4v) is 8.38. The Kier molecular flexibility index (Phi) is 8.00. The molecule has 0 aromatic heterocycles. The van der Waals surface area contributed by atoms with Crippen molar-refractivity contribution in [2.24, 2.45) is 46.3 Å². The van der Waals surface area contributed by atoms with Crippen LogP contribution in [-0.4, -0.2) is 11.1 Å². The maximum atomic E-state index is 10.9. The molecule has 7 atom stereocenters. The lowest BCUT2D eigenvalue weighted by Crippen LogP contribution is -2.52. The van der Waals surface area contributed by atoms with E-state index in [0.717, 1.165) is 48.3 Å². The molecule has 174 valence electrons. The fourth-order valence-electron chi connectivity index (χ4n) is 8.38. The van der Waals surface area contributed by atoms with Crippen LogP contribution in [0.4, 0.5) is 0 Å². The monoisotopic (exact) mass is 418 g/mol. The van der Waals surface area contributed by atoms with Crippen molar-refractivity contribution in [2.75, 3.05) is 0 Å². The van der Waals surface area contributed by atoms with Crippen molar-refractivity contribution in [2.45, 2.75) is 125 Å². The van der Waals surface area contributed by atoms with Gasteiger partial charge in [-0.25, -0.2) is 0 Å². The van der Waals surface area contributed by atoms with E-state index in [4.69, 9.17) is 5.11 Å². The van der Waals surface area contributed by atoms with Crippen molar-refractivity contribution in [3.63, 3.8) is 0 Å². The lowest BCUT2D eigenvalue weighted by atomic mass is 9.45. The molecule has 0 spiro atoms. The van der Waals surface area contributed by atoms with Gasteiger partial charge in [0.2, 0.25) is 0 Å². The van der Waals surface area contributed by atoms with E-state index in [1.807, 2.05) is 0 Å². The van der Waals surface area contributed by atoms with Gasteiger partial charge in [0.05, 0.1) is 0 Å². The first kappa shape index (κ1) is 24.1. The minimum Gasteiger partial charge on any atom is -0.481 e. The number of fused-ring (bicyclic) bond motifs is 5. The predicted molar refractivity (Wildman–Crippen MR) is 126 cm³/mol. The van der Waals surface area contributed by atoms with Crippen molar-refractivity contribution in [1.29, 1.82) is 0 Å². The maximum Gasteiger partial charge on any atom is 0.303 e. The highest BCUT2D eigenvalue weighted by Gasteiger charge is 2.59. The van der Waals surface area contributed by atoms with Crippen molar-refractivity contribution in [3.05, 3.63) is 0 Å². The highest BCUT2D eigenvalue weighted by molar-refractivity contribution is 5.66. The summed E-state index contributed by atoms with van der Waals surface area (Å²) in [6, 6.07) is 0. The summed E-state index contributed by atoms with van der Waals surface area (Å²) < 4.78 is 0. The molecule has 1 N–H and O–H groups in total. The summed E-state index contributed by atoms with van der Waals surface area (Å²) >= 11 is 0. The number of carbonyl (C=O) groups is 1. The van der Waals surface area contributed by atoms with Crippen LogP contribution in [0.15, 0.2) is 0 Å². The lowest BCUT2D eigenvalue weighted by Gasteiger charge is -2.60. The van der Waals surface area contributed by atoms with Crippen LogP contribution >= 0.6 is 0 Å². The summed E-state index contributed by atoms with van der Waals surface area (Å²) in [6.45, 7) is 11.9. The van der Waals surface area contributed by atoms with Crippen LogP contribution in [0.3, 0.4) is 0 Å². The van der Waals surface area contributed by atoms with E-state index in [9.17, 15) is 4.79 Å². The van der Waals surface area contributed by atoms with Gasteiger partial charge in [-0.05, 0) is 111 Å². The number of carboxylic acids is 1. The molecule has 0 aromatic rings. The molecule has 0 aromatic carbocycles. The summed E-state index contributed by atoms with van der Waals surface area (Å²) in [5, 5.41) is 8.98. The Morgan fingerprint density at radius 2 is 1.63 bits per heavy atom. The number of carboxylic acid groups (broad SMARTS) is 1. The molecular formula is C28H50O2. The standard InChI is InChI=1S/C23H38O2.C5H12/c1-22-14-4-3-6-16(22)9-11-18-19-12-10-17(7-5-8-21(24)25)23(19,2)15-13-20(18)22;1-4-5(2)3/h16-20H,3-15H2,1-2H3,(H,24,25);5H,4H2,1-3H3. The second kappa shape index (κ2) is 9.95. The Bertz CT molecular complexity index is 569. The van der Waals surface area contributed by atoms with Gasteiger partial charge in [0.1, 0.15) is 0 Å². The van der Waals surface area contributed by atoms with E-state index in [0.29, 0.717) is 17.3 Å². The minimum atomic E-state index is -0.619. The fraction of sp³-hybridized carbons (Fsp3) is 0.964. The summed E-state index contributed by atoms with van der Waals surface area (Å²) in [7, 11) is 0. The highest BCUT2D eigenvalue weighted by Crippen LogP contribution is 2.67. The second-order valence-corrected chi connectivity index (χ2v) is 12.3. The Morgan fingerprint density at radius 3 is 2.30 bits per heavy atom. The van der Waals surface area contributed by atoms with Gasteiger partial charge in [-0.15, -0.1) is 0 Å². The zero-order chi connectivity index (χ0) is 21.9. The second-order valence-electron chi connectivity index (χ2n) is 12.3. The third-order valence-corrected chi connectivity index (χ3v) is 10.5. The third-order valence-electron chi connectivity index (χ3n) is 10.5. The number of hydrogen-bond donors (Lipinski definition) is 1. The van der Waals surface area contributed by atoms with E-state index in [-0.39, 0.29) is 0 Å². The zero-order valence-electron chi connectivity index (χ0n) is 20.7. The molecule has 0 aliphatic heterocycles. The molecule has 7 unspecified atom stereocenters. The molecule has 0 heterocycles. The quantitative estimate of drug-likeness (QED) is 0.487. The SMILES string of the molecule is CC12CCCCC1CCC1C2CCC2(C)C(CCCC(=O)O)CCC12.CCC(C)C. The summed E-state index contributed by atoms with van der Waals surface area (Å²) in [4.78, 5) is 10.9. The number of hydrogen-bond acceptors (Lipinski definition) is 1. The van der Waals surface area contributed by atoms with Gasteiger partial charge in [0.25, 0.3) is 0 Å². The Balaban J connectivity index is 0.000000461. The minimum absolute atomic E-state index is 0.364. The third kappa shape index (κ3) is 4.78. The van der Waals surface area contributed by atoms with Crippen molar-refractivity contribution in [3.8, 4) is 0 Å². The Labute approximate surface area is 187 Å². The predicted octanol–water partition coefficient (Wildman–Crippen LogP) is 8.34. The van der Waals surface area contributed by atoms with Gasteiger partial charge in [-0.3, -0.25) is 4.79 Å². The van der Waals surface area contributed by atoms with Crippen LogP contribution < -0.4 is 0 Å². The molecule has 2 heteroatoms. The molecule has 0 amide bonds. The number of aliphatic carboxylic acids is 1. The normalized spacial score (nSPS) is 42.5. The molecule has 4 rings (SSSR count). The van der Waals surface area contributed by atoms with E-state index < -0.39 is 5.97 Å². The van der Waals surface area contributed by atoms with Crippen molar-refractivity contribution in [1.82, 2.24) is 0 Å². The van der Waals surface area contributed by atoms with E-state index in [1.165, 1.54) is 70.6 Å². The van der Waals surface area contributed by atoms with E-state index in [2.05, 4.69) is 34.6 Å². The van der Waals surface area contributed by atoms with Gasteiger partial charge >= 0.3 is 5.97 Å². The molecule has 0 radical (unpaired) electrons. The van der Waals surface area contributed by atoms with Crippen molar-refractivity contribution >= 4 is 5.97 Å². The molecule has 4 fully saturated rings. The lowest BCUT2D eigenvalue weighted by molar-refractivity contribution is -0.137. The molecule has 4 saturated carbocycles. The Hall–Kier alpha value is -0.530.